The van der Waals surface area contributed by atoms with Gasteiger partial charge in [0.25, 0.3) is 0 Å². The molecule has 0 bridgehead atoms. The van der Waals surface area contributed by atoms with Crippen molar-refractivity contribution < 1.29 is 9.53 Å². The van der Waals surface area contributed by atoms with E-state index in [1.807, 2.05) is 71.3 Å². The highest BCUT2D eigenvalue weighted by molar-refractivity contribution is 8.00. The first-order chi connectivity index (χ1) is 15.1. The Kier molecular flexibility index (Phi) is 6.18. The minimum absolute atomic E-state index is 0.0672. The van der Waals surface area contributed by atoms with Crippen molar-refractivity contribution in [1.29, 1.82) is 0 Å². The van der Waals surface area contributed by atoms with Gasteiger partial charge in [-0.3, -0.25) is 9.36 Å². The number of ketones is 1. The SMILES string of the molecule is COc1ccc(-n2c(S[C@H](C(C)=O)c3ccccc3)nnc2-c2cccc(C)c2)cc1. The molecule has 0 saturated heterocycles. The smallest absolute Gasteiger partial charge is 0.197 e. The van der Waals surface area contributed by atoms with Crippen LogP contribution in [-0.2, 0) is 4.79 Å². The molecular weight excluding hydrogens is 406 g/mol. The highest BCUT2D eigenvalue weighted by Gasteiger charge is 2.24. The molecular formula is C25H23N3O2S. The summed E-state index contributed by atoms with van der Waals surface area (Å²) in [5, 5.41) is 9.27. The van der Waals surface area contributed by atoms with Crippen LogP contribution < -0.4 is 4.74 Å². The van der Waals surface area contributed by atoms with Crippen LogP contribution in [0.5, 0.6) is 5.75 Å². The first kappa shape index (κ1) is 20.9. The quantitative estimate of drug-likeness (QED) is 0.354. The predicted octanol–water partition coefficient (Wildman–Crippen LogP) is 5.67. The van der Waals surface area contributed by atoms with Crippen LogP contribution in [0.1, 0.15) is 23.3 Å². The first-order valence-corrected chi connectivity index (χ1v) is 10.8. The van der Waals surface area contributed by atoms with E-state index in [0.717, 1.165) is 34.0 Å². The molecule has 0 aliphatic rings. The topological polar surface area (TPSA) is 57.0 Å². The Morgan fingerprint density at radius 3 is 2.35 bits per heavy atom. The van der Waals surface area contributed by atoms with Crippen LogP contribution in [0, 0.1) is 6.92 Å². The van der Waals surface area contributed by atoms with Gasteiger partial charge in [-0.25, -0.2) is 0 Å². The van der Waals surface area contributed by atoms with Crippen molar-refractivity contribution in [3.63, 3.8) is 0 Å². The molecule has 0 fully saturated rings. The van der Waals surface area contributed by atoms with Gasteiger partial charge in [-0.15, -0.1) is 10.2 Å². The average Bonchev–Trinajstić information content (AvgIpc) is 3.21. The van der Waals surface area contributed by atoms with Crippen LogP contribution in [-0.4, -0.2) is 27.7 Å². The summed E-state index contributed by atoms with van der Waals surface area (Å²) >= 11 is 1.41. The van der Waals surface area contributed by atoms with Gasteiger partial charge in [-0.2, -0.15) is 0 Å². The Hall–Kier alpha value is -3.38. The van der Waals surface area contributed by atoms with Crippen molar-refractivity contribution in [3.05, 3.63) is 90.0 Å². The Morgan fingerprint density at radius 1 is 0.968 bits per heavy atom. The summed E-state index contributed by atoms with van der Waals surface area (Å²) in [6, 6.07) is 25.7. The maximum absolute atomic E-state index is 12.5. The maximum atomic E-state index is 12.5. The van der Waals surface area contributed by atoms with E-state index < -0.39 is 0 Å². The van der Waals surface area contributed by atoms with Crippen molar-refractivity contribution in [3.8, 4) is 22.8 Å². The Bertz CT molecular complexity index is 1190. The van der Waals surface area contributed by atoms with Gasteiger partial charge in [-0.05, 0) is 49.7 Å². The molecule has 5 nitrogen and oxygen atoms in total. The number of rotatable bonds is 7. The first-order valence-electron chi connectivity index (χ1n) is 9.96. The fourth-order valence-corrected chi connectivity index (χ4v) is 4.46. The number of Topliss-reactive ketones (excluding diaryl/α,β-unsaturated/α-hetero) is 1. The Balaban J connectivity index is 1.83. The van der Waals surface area contributed by atoms with E-state index in [-0.39, 0.29) is 11.0 Å². The van der Waals surface area contributed by atoms with Crippen LogP contribution in [0.2, 0.25) is 0 Å². The zero-order valence-electron chi connectivity index (χ0n) is 17.6. The van der Waals surface area contributed by atoms with E-state index in [1.54, 1.807) is 14.0 Å². The van der Waals surface area contributed by atoms with E-state index >= 15 is 0 Å². The maximum Gasteiger partial charge on any atom is 0.197 e. The van der Waals surface area contributed by atoms with Gasteiger partial charge >= 0.3 is 0 Å². The molecule has 0 spiro atoms. The number of carbonyl (C=O) groups is 1. The van der Waals surface area contributed by atoms with Crippen molar-refractivity contribution >= 4 is 17.5 Å². The van der Waals surface area contributed by atoms with Gasteiger partial charge in [0, 0.05) is 11.3 Å². The molecule has 0 unspecified atom stereocenters. The Labute approximate surface area is 186 Å². The molecule has 1 aromatic heterocycles. The number of nitrogens with zero attached hydrogens (tertiary/aromatic N) is 3. The minimum Gasteiger partial charge on any atom is -0.497 e. The van der Waals surface area contributed by atoms with Crippen molar-refractivity contribution in [2.24, 2.45) is 0 Å². The molecule has 4 aromatic rings. The van der Waals surface area contributed by atoms with Crippen molar-refractivity contribution in [1.82, 2.24) is 14.8 Å². The number of hydrogen-bond acceptors (Lipinski definition) is 5. The van der Waals surface area contributed by atoms with Crippen molar-refractivity contribution in [2.45, 2.75) is 24.3 Å². The van der Waals surface area contributed by atoms with Crippen LogP contribution in [0.25, 0.3) is 17.1 Å². The van der Waals surface area contributed by atoms with E-state index in [9.17, 15) is 4.79 Å². The van der Waals surface area contributed by atoms with E-state index in [2.05, 4.69) is 29.3 Å². The van der Waals surface area contributed by atoms with Gasteiger partial charge in [0.1, 0.15) is 11.5 Å². The largest absolute Gasteiger partial charge is 0.497 e. The second kappa shape index (κ2) is 9.18. The third-order valence-corrected chi connectivity index (χ3v) is 6.25. The molecule has 0 saturated carbocycles. The van der Waals surface area contributed by atoms with Crippen molar-refractivity contribution in [2.75, 3.05) is 7.11 Å². The molecule has 3 aromatic carbocycles. The minimum atomic E-state index is -0.368. The van der Waals surface area contributed by atoms with E-state index in [1.165, 1.54) is 11.8 Å². The van der Waals surface area contributed by atoms with Crippen LogP contribution in [0.3, 0.4) is 0 Å². The lowest BCUT2D eigenvalue weighted by molar-refractivity contribution is -0.116. The van der Waals surface area contributed by atoms with Gasteiger partial charge in [0.05, 0.1) is 12.4 Å². The van der Waals surface area contributed by atoms with Gasteiger partial charge in [-0.1, -0.05) is 65.9 Å². The lowest BCUT2D eigenvalue weighted by atomic mass is 10.1. The molecule has 31 heavy (non-hydrogen) atoms. The molecule has 0 aliphatic carbocycles. The van der Waals surface area contributed by atoms with Gasteiger partial charge < -0.3 is 4.74 Å². The number of thioether (sulfide) groups is 1. The molecule has 0 N–H and O–H groups in total. The third kappa shape index (κ3) is 4.54. The fourth-order valence-electron chi connectivity index (χ4n) is 3.40. The molecule has 156 valence electrons. The predicted molar refractivity (Wildman–Crippen MR) is 124 cm³/mol. The molecule has 6 heteroatoms. The Morgan fingerprint density at radius 2 is 1.71 bits per heavy atom. The van der Waals surface area contributed by atoms with Crippen LogP contribution in [0.4, 0.5) is 0 Å². The summed E-state index contributed by atoms with van der Waals surface area (Å²) in [7, 11) is 1.64. The number of benzene rings is 3. The van der Waals surface area contributed by atoms with Crippen LogP contribution >= 0.6 is 11.8 Å². The summed E-state index contributed by atoms with van der Waals surface area (Å²) in [6.45, 7) is 3.66. The zero-order valence-corrected chi connectivity index (χ0v) is 18.5. The van der Waals surface area contributed by atoms with Gasteiger partial charge in [0.15, 0.2) is 11.0 Å². The average molecular weight is 430 g/mol. The highest BCUT2D eigenvalue weighted by atomic mass is 32.2. The summed E-state index contributed by atoms with van der Waals surface area (Å²) in [5.41, 5.74) is 3.96. The number of hydrogen-bond donors (Lipinski definition) is 0. The monoisotopic (exact) mass is 429 g/mol. The van der Waals surface area contributed by atoms with E-state index in [4.69, 9.17) is 4.74 Å². The number of aromatic nitrogens is 3. The molecule has 0 aliphatic heterocycles. The highest BCUT2D eigenvalue weighted by Crippen LogP contribution is 2.38. The fraction of sp³-hybridized carbons (Fsp3) is 0.160. The molecule has 4 rings (SSSR count). The normalized spacial score (nSPS) is 11.8. The molecule has 0 amide bonds. The summed E-state index contributed by atoms with van der Waals surface area (Å²) < 4.78 is 7.31. The standard InChI is InChI=1S/C25H23N3O2S/c1-17-8-7-11-20(16-17)24-26-27-25(28(24)21-12-14-22(30-3)15-13-21)31-23(18(2)29)19-9-5-4-6-10-19/h4-16,23H,1-3H3/t23-/m1/s1. The number of ether oxygens (including phenoxy) is 1. The number of carbonyl (C=O) groups excluding carboxylic acids is 1. The molecule has 1 heterocycles. The lowest BCUT2D eigenvalue weighted by Crippen LogP contribution is -2.07. The lowest BCUT2D eigenvalue weighted by Gasteiger charge is -2.16. The number of methoxy groups -OCH3 is 1. The summed E-state index contributed by atoms with van der Waals surface area (Å²) in [6.07, 6.45) is 0. The summed E-state index contributed by atoms with van der Waals surface area (Å²) in [4.78, 5) is 12.5. The number of aryl methyl sites for hydroxylation is 1. The second-order valence-electron chi connectivity index (χ2n) is 7.23. The molecule has 0 radical (unpaired) electrons. The summed E-state index contributed by atoms with van der Waals surface area (Å²) in [5.74, 6) is 1.57. The zero-order chi connectivity index (χ0) is 21.8. The van der Waals surface area contributed by atoms with Crippen LogP contribution in [0.15, 0.2) is 84.0 Å². The second-order valence-corrected chi connectivity index (χ2v) is 8.30. The third-order valence-electron chi connectivity index (χ3n) is 4.94. The van der Waals surface area contributed by atoms with Gasteiger partial charge in [0.2, 0.25) is 0 Å². The molecule has 1 atom stereocenters. The van der Waals surface area contributed by atoms with E-state index in [0.29, 0.717) is 5.16 Å².